The zero-order valence-electron chi connectivity index (χ0n) is 2.64. The van der Waals surface area contributed by atoms with Gasteiger partial charge in [0.15, 0.2) is 9.84 Å². The predicted molar refractivity (Wildman–Crippen MR) is 25.4 cm³/mol. The van der Waals surface area contributed by atoms with Crippen LogP contribution >= 0.6 is 0 Å². The summed E-state index contributed by atoms with van der Waals surface area (Å²) >= 11 is 0. The Balaban J connectivity index is 0.000000250. The van der Waals surface area contributed by atoms with Crippen LogP contribution in [-0.4, -0.2) is 19.9 Å². The summed E-state index contributed by atoms with van der Waals surface area (Å²) in [6, 6.07) is 0. The molecule has 38 valence electrons. The zero-order chi connectivity index (χ0) is 3.91. The lowest BCUT2D eigenvalue weighted by molar-refractivity contribution is 0.615. The molecule has 0 aliphatic carbocycles. The molecule has 2 nitrogen and oxygen atoms in total. The highest BCUT2D eigenvalue weighted by molar-refractivity contribution is 7.98. The van der Waals surface area contributed by atoms with Gasteiger partial charge in [0, 0.05) is 0 Å². The molecule has 1 fully saturated rings. The molecule has 0 radical (unpaired) electrons. The highest BCUT2D eigenvalue weighted by Gasteiger charge is 2.25. The molecule has 1 heterocycles. The van der Waals surface area contributed by atoms with Gasteiger partial charge in [-0.1, -0.05) is 7.43 Å². The summed E-state index contributed by atoms with van der Waals surface area (Å²) in [4.78, 5) is 0. The van der Waals surface area contributed by atoms with Crippen LogP contribution in [0.3, 0.4) is 0 Å². The van der Waals surface area contributed by atoms with Gasteiger partial charge in [-0.05, 0) is 0 Å². The number of hydrogen-bond acceptors (Lipinski definition) is 2. The first-order chi connectivity index (χ1) is 2.21. The van der Waals surface area contributed by atoms with E-state index in [9.17, 15) is 8.42 Å². The topological polar surface area (TPSA) is 34.1 Å². The van der Waals surface area contributed by atoms with E-state index < -0.39 is 9.84 Å². The van der Waals surface area contributed by atoms with E-state index in [2.05, 4.69) is 0 Å². The molecular weight excluding hydrogens is 100 g/mol. The van der Waals surface area contributed by atoms with Gasteiger partial charge in [0.2, 0.25) is 0 Å². The fraction of sp³-hybridized carbons (Fsp3) is 1.00. The molecule has 0 amide bonds. The van der Waals surface area contributed by atoms with Crippen molar-refractivity contribution in [3.05, 3.63) is 0 Å². The fourth-order valence-corrected chi connectivity index (χ4v) is 0.612. The van der Waals surface area contributed by atoms with E-state index in [0.717, 1.165) is 0 Å². The van der Waals surface area contributed by atoms with Crippen LogP contribution in [-0.2, 0) is 9.84 Å². The summed E-state index contributed by atoms with van der Waals surface area (Å²) in [5.41, 5.74) is 0. The summed E-state index contributed by atoms with van der Waals surface area (Å²) in [6.45, 7) is 0. The number of sulfone groups is 1. The van der Waals surface area contributed by atoms with Crippen LogP contribution in [0.1, 0.15) is 7.43 Å². The second-order valence-electron chi connectivity index (χ2n) is 1.15. The second kappa shape index (κ2) is 1.22. The van der Waals surface area contributed by atoms with Crippen LogP contribution in [0.25, 0.3) is 0 Å². The highest BCUT2D eigenvalue weighted by atomic mass is 32.2. The summed E-state index contributed by atoms with van der Waals surface area (Å²) in [5.74, 6) is 0.847. The van der Waals surface area contributed by atoms with E-state index >= 15 is 0 Å². The molecule has 6 heavy (non-hydrogen) atoms. The Morgan fingerprint density at radius 2 is 1.33 bits per heavy atom. The van der Waals surface area contributed by atoms with E-state index in [1.165, 1.54) is 0 Å². The number of hydrogen-bond donors (Lipinski definition) is 0. The fourth-order valence-electron chi connectivity index (χ4n) is 0.0680. The molecule has 1 aliphatic rings. The SMILES string of the molecule is C.O=S1(=O)CC1. The molecule has 0 aromatic heterocycles. The third kappa shape index (κ3) is 1.40. The van der Waals surface area contributed by atoms with E-state index in [0.29, 0.717) is 11.5 Å². The van der Waals surface area contributed by atoms with Crippen molar-refractivity contribution in [3.8, 4) is 0 Å². The average Bonchev–Trinajstić information content (AvgIpc) is 1.76. The van der Waals surface area contributed by atoms with Crippen molar-refractivity contribution >= 4 is 9.84 Å². The van der Waals surface area contributed by atoms with Crippen molar-refractivity contribution in [3.63, 3.8) is 0 Å². The van der Waals surface area contributed by atoms with Crippen LogP contribution in [0.5, 0.6) is 0 Å². The standard InChI is InChI=1S/C2H4O2S.CH4/c3-5(4)1-2-5;/h1-2H2;1H4. The first kappa shape index (κ1) is 5.95. The van der Waals surface area contributed by atoms with Gasteiger partial charge in [-0.2, -0.15) is 0 Å². The lowest BCUT2D eigenvalue weighted by atomic mass is 11.0. The molecule has 0 saturated carbocycles. The van der Waals surface area contributed by atoms with Gasteiger partial charge in [-0.15, -0.1) is 0 Å². The third-order valence-electron chi connectivity index (χ3n) is 0.537. The quantitative estimate of drug-likeness (QED) is 0.411. The molecule has 1 aliphatic heterocycles. The summed E-state index contributed by atoms with van der Waals surface area (Å²) in [5, 5.41) is 0. The van der Waals surface area contributed by atoms with Crippen molar-refractivity contribution in [2.45, 2.75) is 7.43 Å². The smallest absolute Gasteiger partial charge is 0.152 e. The van der Waals surface area contributed by atoms with Crippen LogP contribution < -0.4 is 0 Å². The van der Waals surface area contributed by atoms with E-state index in [4.69, 9.17) is 0 Å². The molecule has 0 N–H and O–H groups in total. The Morgan fingerprint density at radius 1 is 1.17 bits per heavy atom. The van der Waals surface area contributed by atoms with Gasteiger partial charge in [0.25, 0.3) is 0 Å². The molecule has 0 spiro atoms. The molecule has 0 aromatic rings. The van der Waals surface area contributed by atoms with Crippen molar-refractivity contribution < 1.29 is 8.42 Å². The minimum absolute atomic E-state index is 0. The highest BCUT2D eigenvalue weighted by Crippen LogP contribution is 2.04. The van der Waals surface area contributed by atoms with Gasteiger partial charge in [-0.25, -0.2) is 8.42 Å². The Bertz CT molecular complexity index is 112. The first-order valence-corrected chi connectivity index (χ1v) is 3.23. The molecule has 1 rings (SSSR count). The second-order valence-corrected chi connectivity index (χ2v) is 3.46. The van der Waals surface area contributed by atoms with Crippen molar-refractivity contribution in [1.29, 1.82) is 0 Å². The molecule has 0 aromatic carbocycles. The van der Waals surface area contributed by atoms with Crippen LogP contribution in [0.4, 0.5) is 0 Å². The molecule has 0 bridgehead atoms. The van der Waals surface area contributed by atoms with Crippen LogP contribution in [0, 0.1) is 0 Å². The Kier molecular flexibility index (Phi) is 1.21. The van der Waals surface area contributed by atoms with Gasteiger partial charge in [0.05, 0.1) is 11.5 Å². The van der Waals surface area contributed by atoms with Gasteiger partial charge >= 0.3 is 0 Å². The molecule has 0 atom stereocenters. The zero-order valence-corrected chi connectivity index (χ0v) is 3.46. The monoisotopic (exact) mass is 108 g/mol. The Labute approximate surface area is 38.1 Å². The van der Waals surface area contributed by atoms with Gasteiger partial charge in [0.1, 0.15) is 0 Å². The van der Waals surface area contributed by atoms with E-state index in [1.54, 1.807) is 0 Å². The molecule has 1 saturated heterocycles. The van der Waals surface area contributed by atoms with Crippen LogP contribution in [0.2, 0.25) is 0 Å². The maximum atomic E-state index is 9.74. The Morgan fingerprint density at radius 3 is 1.33 bits per heavy atom. The lowest BCUT2D eigenvalue weighted by Gasteiger charge is -1.46. The molecule has 3 heteroatoms. The Hall–Kier alpha value is -0.0500. The maximum absolute atomic E-state index is 9.74. The molecular formula is C3H8O2S. The number of rotatable bonds is 0. The van der Waals surface area contributed by atoms with Crippen LogP contribution in [0.15, 0.2) is 0 Å². The largest absolute Gasteiger partial charge is 0.229 e. The maximum Gasteiger partial charge on any atom is 0.152 e. The van der Waals surface area contributed by atoms with E-state index in [1.807, 2.05) is 0 Å². The lowest BCUT2D eigenvalue weighted by Crippen LogP contribution is -1.61. The van der Waals surface area contributed by atoms with Gasteiger partial charge < -0.3 is 0 Å². The summed E-state index contributed by atoms with van der Waals surface area (Å²) in [6.07, 6.45) is 0. The van der Waals surface area contributed by atoms with E-state index in [-0.39, 0.29) is 7.43 Å². The normalized spacial score (nSPS) is 24.7. The first-order valence-electron chi connectivity index (χ1n) is 1.41. The average molecular weight is 108 g/mol. The summed E-state index contributed by atoms with van der Waals surface area (Å²) < 4.78 is 19.5. The third-order valence-corrected chi connectivity index (χ3v) is 1.61. The minimum atomic E-state index is -2.42. The predicted octanol–water partition coefficient (Wildman–Crippen LogP) is 0.0509. The molecule has 0 unspecified atom stereocenters. The van der Waals surface area contributed by atoms with Crippen molar-refractivity contribution in [2.75, 3.05) is 11.5 Å². The van der Waals surface area contributed by atoms with Crippen molar-refractivity contribution in [2.24, 2.45) is 0 Å². The minimum Gasteiger partial charge on any atom is -0.229 e. The van der Waals surface area contributed by atoms with Gasteiger partial charge in [-0.3, -0.25) is 0 Å². The summed E-state index contributed by atoms with van der Waals surface area (Å²) in [7, 11) is -2.42. The van der Waals surface area contributed by atoms with Crippen molar-refractivity contribution in [1.82, 2.24) is 0 Å².